The predicted molar refractivity (Wildman–Crippen MR) is 258 cm³/mol. The second-order valence-corrected chi connectivity index (χ2v) is 19.0. The molecule has 0 aliphatic carbocycles. The molecule has 1 unspecified atom stereocenters. The fourth-order valence-corrected chi connectivity index (χ4v) is 10.8. The number of alkyl halides is 2. The van der Waals surface area contributed by atoms with Crippen molar-refractivity contribution in [3.05, 3.63) is 80.5 Å². The number of nitrogens with zero attached hydrogens (tertiary/aromatic N) is 6. The molecular formula is C50H65F2N11O5. The smallest absolute Gasteiger partial charge is 0.329 e. The maximum Gasteiger partial charge on any atom is 0.329 e. The van der Waals surface area contributed by atoms with Crippen LogP contribution >= 0.6 is 0 Å². The Bertz CT molecular complexity index is 2580. The van der Waals surface area contributed by atoms with E-state index in [0.717, 1.165) is 86.7 Å². The Labute approximate surface area is 395 Å². The van der Waals surface area contributed by atoms with Crippen LogP contribution in [0.2, 0.25) is 0 Å². The van der Waals surface area contributed by atoms with E-state index in [4.69, 9.17) is 5.41 Å². The van der Waals surface area contributed by atoms with Gasteiger partial charge in [-0.15, -0.1) is 0 Å². The van der Waals surface area contributed by atoms with E-state index >= 15 is 0 Å². The van der Waals surface area contributed by atoms with E-state index in [1.165, 1.54) is 23.8 Å². The number of fused-ring (bicyclic) bond motifs is 2. The monoisotopic (exact) mass is 938 g/mol. The number of anilines is 1. The minimum atomic E-state index is -2.78. The predicted octanol–water partition coefficient (Wildman–Crippen LogP) is 5.02. The molecule has 5 aliphatic heterocycles. The molecule has 364 valence electrons. The van der Waals surface area contributed by atoms with Gasteiger partial charge in [-0.2, -0.15) is 0 Å². The largest absolute Gasteiger partial charge is 0.393 e. The number of amidine groups is 1. The fraction of sp³-hybridized carbons (Fsp3) is 0.540. The zero-order valence-corrected chi connectivity index (χ0v) is 39.5. The molecule has 5 N–H and O–H groups in total. The molecule has 8 rings (SSSR count). The third kappa shape index (κ3) is 10.3. The maximum absolute atomic E-state index is 14.6. The van der Waals surface area contributed by atoms with Crippen LogP contribution in [0.5, 0.6) is 0 Å². The van der Waals surface area contributed by atoms with Crippen molar-refractivity contribution in [1.82, 2.24) is 39.8 Å². The standard InChI is InChI=1S/C50H65F2N11O5/c1-31(64)61-24-16-40(39(30-61)48(54)62-18-4-5-34-26-37(35(28-53)29-55-2)38(47(51)52)27-43(34)62)56-36-14-22-60(23-15-36)46(66)17-21-59-19-12-32(13-20-59)6-7-33-8-9-41-44(25-33)58(3)50(68)63(41)42-10-11-45(65)57-49(42)67/h8-9,25-29,32,36,42,47,53-56H,4-7,10-24,30H2,1-3H3,(H,57,65,67)/b35-29+,53-28?,54-48?. The summed E-state index contributed by atoms with van der Waals surface area (Å²) < 4.78 is 32.2. The van der Waals surface area contributed by atoms with Crippen molar-refractivity contribution in [2.45, 2.75) is 102 Å². The van der Waals surface area contributed by atoms with Crippen molar-refractivity contribution >= 4 is 58.0 Å². The molecule has 5 aliphatic rings. The summed E-state index contributed by atoms with van der Waals surface area (Å²) in [6.45, 7) is 6.59. The normalized spacial score (nSPS) is 20.2. The number of benzene rings is 2. The molecule has 3 fully saturated rings. The third-order valence-electron chi connectivity index (χ3n) is 14.8. The Morgan fingerprint density at radius 1 is 0.926 bits per heavy atom. The summed E-state index contributed by atoms with van der Waals surface area (Å²) in [5, 5.41) is 26.3. The van der Waals surface area contributed by atoms with Crippen LogP contribution in [0.25, 0.3) is 16.6 Å². The third-order valence-corrected chi connectivity index (χ3v) is 14.8. The first-order valence-corrected chi connectivity index (χ1v) is 24.2. The Morgan fingerprint density at radius 2 is 1.69 bits per heavy atom. The second kappa shape index (κ2) is 21.0. The van der Waals surface area contributed by atoms with E-state index in [2.05, 4.69) is 20.9 Å². The molecule has 0 bridgehead atoms. The van der Waals surface area contributed by atoms with Crippen molar-refractivity contribution in [3.63, 3.8) is 0 Å². The first-order valence-electron chi connectivity index (χ1n) is 24.2. The van der Waals surface area contributed by atoms with E-state index in [9.17, 15) is 38.2 Å². The van der Waals surface area contributed by atoms with E-state index in [-0.39, 0.29) is 53.8 Å². The zero-order chi connectivity index (χ0) is 48.2. The molecule has 68 heavy (non-hydrogen) atoms. The number of imide groups is 1. The molecule has 3 saturated heterocycles. The number of carbonyl (C=O) groups is 4. The highest BCUT2D eigenvalue weighted by Crippen LogP contribution is 2.38. The molecule has 16 nitrogen and oxygen atoms in total. The lowest BCUT2D eigenvalue weighted by Gasteiger charge is -2.39. The number of amides is 4. The number of carbonyl (C=O) groups excluding carboxylic acids is 4. The highest BCUT2D eigenvalue weighted by atomic mass is 19.3. The number of imidazole rings is 1. The molecule has 1 aromatic heterocycles. The van der Waals surface area contributed by atoms with Gasteiger partial charge in [-0.1, -0.05) is 6.07 Å². The lowest BCUT2D eigenvalue weighted by atomic mass is 9.90. The van der Waals surface area contributed by atoms with Gasteiger partial charge in [0.1, 0.15) is 11.9 Å². The van der Waals surface area contributed by atoms with Crippen molar-refractivity contribution in [1.29, 1.82) is 10.8 Å². The number of aryl methyl sites for hydroxylation is 3. The lowest BCUT2D eigenvalue weighted by molar-refractivity contribution is -0.136. The summed E-state index contributed by atoms with van der Waals surface area (Å²) in [4.78, 5) is 71.5. The molecule has 3 aromatic rings. The summed E-state index contributed by atoms with van der Waals surface area (Å²) in [5.41, 5.74) is 5.73. The van der Waals surface area contributed by atoms with Crippen LogP contribution in [0.1, 0.15) is 106 Å². The number of likely N-dealkylation sites (tertiary alicyclic amines) is 2. The molecule has 6 heterocycles. The molecule has 1 atom stereocenters. The number of rotatable bonds is 14. The number of aromatic nitrogens is 2. The van der Waals surface area contributed by atoms with Crippen LogP contribution < -0.4 is 26.5 Å². The van der Waals surface area contributed by atoms with Gasteiger partial charge >= 0.3 is 5.69 Å². The van der Waals surface area contributed by atoms with Gasteiger partial charge in [0, 0.05) is 120 Å². The van der Waals surface area contributed by atoms with Gasteiger partial charge in [-0.05, 0) is 118 Å². The van der Waals surface area contributed by atoms with Crippen LogP contribution in [0, 0.1) is 16.7 Å². The molecule has 0 radical (unpaired) electrons. The fourth-order valence-electron chi connectivity index (χ4n) is 10.8. The Balaban J connectivity index is 0.823. The van der Waals surface area contributed by atoms with Gasteiger partial charge in [0.2, 0.25) is 23.6 Å². The molecule has 0 saturated carbocycles. The van der Waals surface area contributed by atoms with Crippen LogP contribution in [-0.4, -0.2) is 125 Å². The average molecular weight is 938 g/mol. The quantitative estimate of drug-likeness (QED) is 0.0840. The minimum Gasteiger partial charge on any atom is -0.393 e. The van der Waals surface area contributed by atoms with Gasteiger partial charge < -0.3 is 35.6 Å². The first-order chi connectivity index (χ1) is 32.7. The van der Waals surface area contributed by atoms with Crippen LogP contribution in [0.3, 0.4) is 0 Å². The molecule has 2 aromatic carbocycles. The second-order valence-electron chi connectivity index (χ2n) is 19.0. The highest BCUT2D eigenvalue weighted by Gasteiger charge is 2.34. The zero-order valence-electron chi connectivity index (χ0n) is 39.5. The molecule has 4 amide bonds. The van der Waals surface area contributed by atoms with Crippen molar-refractivity contribution in [2.75, 3.05) is 64.3 Å². The van der Waals surface area contributed by atoms with Crippen molar-refractivity contribution in [2.24, 2.45) is 13.0 Å². The molecule has 0 spiro atoms. The van der Waals surface area contributed by atoms with Gasteiger partial charge in [0.25, 0.3) is 6.43 Å². The Morgan fingerprint density at radius 3 is 2.38 bits per heavy atom. The van der Waals surface area contributed by atoms with Gasteiger partial charge in [0.05, 0.1) is 17.6 Å². The summed E-state index contributed by atoms with van der Waals surface area (Å²) in [6.07, 6.45) is 8.19. The number of hydrogen-bond donors (Lipinski definition) is 5. The van der Waals surface area contributed by atoms with Gasteiger partial charge in [-0.25, -0.2) is 13.6 Å². The number of halogens is 2. The number of nitrogens with one attached hydrogen (secondary N) is 5. The van der Waals surface area contributed by atoms with Crippen molar-refractivity contribution in [3.8, 4) is 0 Å². The summed E-state index contributed by atoms with van der Waals surface area (Å²) in [5.74, 6) is 0.0629. The minimum absolute atomic E-state index is 0.0765. The Kier molecular flexibility index (Phi) is 14.9. The van der Waals surface area contributed by atoms with Crippen LogP contribution in [0.4, 0.5) is 14.5 Å². The topological polar surface area (TPSA) is 192 Å². The van der Waals surface area contributed by atoms with E-state index < -0.39 is 18.4 Å². The highest BCUT2D eigenvalue weighted by molar-refractivity contribution is 6.11. The van der Waals surface area contributed by atoms with Gasteiger partial charge in [-0.3, -0.25) is 39.0 Å². The molecule has 18 heteroatoms. The van der Waals surface area contributed by atoms with E-state index in [1.54, 1.807) is 34.5 Å². The van der Waals surface area contributed by atoms with Crippen LogP contribution in [-0.2, 0) is 39.1 Å². The Hall–Kier alpha value is -6.17. The first kappa shape index (κ1) is 48.3. The summed E-state index contributed by atoms with van der Waals surface area (Å²) >= 11 is 0. The number of piperidine rings is 3. The van der Waals surface area contributed by atoms with E-state index in [1.807, 2.05) is 23.1 Å². The van der Waals surface area contributed by atoms with E-state index in [0.29, 0.717) is 92.1 Å². The lowest BCUT2D eigenvalue weighted by Crippen LogP contribution is -2.49. The number of hydrogen-bond acceptors (Lipinski definition) is 10. The SMILES string of the molecule is CN/C=C(\C=N)c1cc2c(cc1C(F)F)N(C(=N)C1=C(NC3CCN(C(=O)CCN4CCC(CCc5ccc6c(c5)n(C)c(=O)n6C5CCC(=O)NC5=O)CC4)CC3)CCN(C(C)=O)C1)CCC2. The summed E-state index contributed by atoms with van der Waals surface area (Å²) in [7, 11) is 3.38. The molecular weight excluding hydrogens is 873 g/mol. The van der Waals surface area contributed by atoms with Crippen LogP contribution in [0.15, 0.2) is 52.6 Å². The average Bonchev–Trinajstić information content (AvgIpc) is 3.58. The van der Waals surface area contributed by atoms with Crippen molar-refractivity contribution < 1.29 is 28.0 Å². The summed E-state index contributed by atoms with van der Waals surface area (Å²) in [6, 6.07) is 8.56. The number of allylic oxidation sites excluding steroid dienone is 1. The maximum atomic E-state index is 14.6. The van der Waals surface area contributed by atoms with Gasteiger partial charge in [0.15, 0.2) is 0 Å².